The number of anilines is 1. The van der Waals surface area contributed by atoms with E-state index in [2.05, 4.69) is 4.98 Å². The number of hydrogen-bond acceptors (Lipinski definition) is 6. The molecule has 0 bridgehead atoms. The topological polar surface area (TPSA) is 111 Å². The quantitative estimate of drug-likeness (QED) is 0.638. The monoisotopic (exact) mass is 261 g/mol. The van der Waals surface area contributed by atoms with Gasteiger partial charge in [0.1, 0.15) is 18.1 Å². The highest BCUT2D eigenvalue weighted by atomic mass is 35.5. The van der Waals surface area contributed by atoms with Crippen LogP contribution in [0, 0.1) is 0 Å². The van der Waals surface area contributed by atoms with Crippen LogP contribution in [0.3, 0.4) is 0 Å². The molecule has 0 aliphatic carbocycles. The van der Waals surface area contributed by atoms with Crippen molar-refractivity contribution in [1.82, 2.24) is 9.55 Å². The summed E-state index contributed by atoms with van der Waals surface area (Å²) in [6, 6.07) is 0. The number of aliphatic hydroxyl groups is 2. The first kappa shape index (κ1) is 12.3. The minimum atomic E-state index is -0.826. The number of rotatable bonds is 2. The first-order valence-electron chi connectivity index (χ1n) is 5.01. The van der Waals surface area contributed by atoms with Crippen molar-refractivity contribution >= 4 is 17.4 Å². The molecule has 0 saturated carbocycles. The van der Waals surface area contributed by atoms with Crippen LogP contribution in [0.15, 0.2) is 11.0 Å². The van der Waals surface area contributed by atoms with Crippen LogP contribution in [0.4, 0.5) is 5.82 Å². The van der Waals surface area contributed by atoms with Crippen LogP contribution >= 0.6 is 11.6 Å². The molecule has 1 unspecified atom stereocenters. The van der Waals surface area contributed by atoms with Crippen LogP contribution in [0.2, 0.25) is 5.02 Å². The van der Waals surface area contributed by atoms with Crippen molar-refractivity contribution in [2.24, 2.45) is 0 Å². The highest BCUT2D eigenvalue weighted by Gasteiger charge is 2.35. The molecule has 1 aromatic rings. The Balaban J connectivity index is 2.30. The van der Waals surface area contributed by atoms with Crippen LogP contribution < -0.4 is 11.4 Å². The third-order valence-corrected chi connectivity index (χ3v) is 2.92. The number of hydrogen-bond donors (Lipinski definition) is 3. The summed E-state index contributed by atoms with van der Waals surface area (Å²) in [7, 11) is 0. The maximum Gasteiger partial charge on any atom is 0.351 e. The molecule has 3 atom stereocenters. The van der Waals surface area contributed by atoms with Gasteiger partial charge in [-0.1, -0.05) is 11.6 Å². The van der Waals surface area contributed by atoms with Crippen molar-refractivity contribution in [1.29, 1.82) is 0 Å². The zero-order valence-electron chi connectivity index (χ0n) is 8.78. The summed E-state index contributed by atoms with van der Waals surface area (Å²) in [4.78, 5) is 15.1. The highest BCUT2D eigenvalue weighted by molar-refractivity contribution is 6.32. The number of aromatic nitrogens is 2. The van der Waals surface area contributed by atoms with Crippen molar-refractivity contribution in [2.45, 2.75) is 24.9 Å². The van der Waals surface area contributed by atoms with Crippen molar-refractivity contribution in [3.05, 3.63) is 21.7 Å². The van der Waals surface area contributed by atoms with Gasteiger partial charge in [0.25, 0.3) is 0 Å². The van der Waals surface area contributed by atoms with E-state index in [4.69, 9.17) is 27.2 Å². The van der Waals surface area contributed by atoms with Gasteiger partial charge < -0.3 is 20.7 Å². The van der Waals surface area contributed by atoms with E-state index in [0.717, 1.165) is 4.57 Å². The van der Waals surface area contributed by atoms with E-state index in [1.165, 1.54) is 6.20 Å². The van der Waals surface area contributed by atoms with E-state index in [1.54, 1.807) is 0 Å². The van der Waals surface area contributed by atoms with Gasteiger partial charge in [0.15, 0.2) is 0 Å². The standard InChI is InChI=1S/C9H12ClN3O4/c10-4-2-13(9(16)12-8(4)11)7-1-5(15)6(3-14)17-7/h2,5-7,14-15H,1,3H2,(H2,11,12,16)/t5-,6?,7-/m1/s1. The van der Waals surface area contributed by atoms with Crippen LogP contribution in [-0.4, -0.2) is 38.6 Å². The molecule has 1 aromatic heterocycles. The van der Waals surface area contributed by atoms with Crippen LogP contribution in [0.1, 0.15) is 12.6 Å². The Labute approximate surface area is 101 Å². The van der Waals surface area contributed by atoms with Gasteiger partial charge in [0, 0.05) is 12.6 Å². The first-order chi connectivity index (χ1) is 8.02. The second-order valence-electron chi connectivity index (χ2n) is 3.78. The summed E-state index contributed by atoms with van der Waals surface area (Å²) >= 11 is 5.76. The van der Waals surface area contributed by atoms with Gasteiger partial charge in [-0.3, -0.25) is 4.57 Å². The molecule has 0 amide bonds. The molecule has 2 heterocycles. The zero-order valence-corrected chi connectivity index (χ0v) is 9.54. The van der Waals surface area contributed by atoms with Gasteiger partial charge in [-0.05, 0) is 0 Å². The Bertz CT molecular complexity index is 478. The minimum absolute atomic E-state index is 0.0508. The summed E-state index contributed by atoms with van der Waals surface area (Å²) in [6.07, 6.45) is -0.729. The van der Waals surface area contributed by atoms with E-state index in [0.29, 0.717) is 0 Å². The summed E-state index contributed by atoms with van der Waals surface area (Å²) in [6.45, 7) is -0.317. The molecule has 0 aromatic carbocycles. The summed E-state index contributed by atoms with van der Waals surface area (Å²) in [5.41, 5.74) is 4.77. The normalized spacial score (nSPS) is 28.5. The lowest BCUT2D eigenvalue weighted by atomic mass is 10.2. The molecule has 1 aliphatic rings. The second kappa shape index (κ2) is 4.61. The van der Waals surface area contributed by atoms with E-state index < -0.39 is 24.1 Å². The lowest BCUT2D eigenvalue weighted by Crippen LogP contribution is -2.28. The fourth-order valence-electron chi connectivity index (χ4n) is 1.71. The predicted molar refractivity (Wildman–Crippen MR) is 59.5 cm³/mol. The number of nitrogen functional groups attached to an aromatic ring is 1. The maximum absolute atomic E-state index is 11.6. The lowest BCUT2D eigenvalue weighted by Gasteiger charge is -2.14. The van der Waals surface area contributed by atoms with Crippen molar-refractivity contribution in [3.63, 3.8) is 0 Å². The van der Waals surface area contributed by atoms with E-state index in [-0.39, 0.29) is 23.9 Å². The Kier molecular flexibility index (Phi) is 3.34. The van der Waals surface area contributed by atoms with Crippen LogP contribution in [0.25, 0.3) is 0 Å². The molecule has 1 fully saturated rings. The maximum atomic E-state index is 11.6. The molecule has 17 heavy (non-hydrogen) atoms. The second-order valence-corrected chi connectivity index (χ2v) is 4.19. The molecule has 4 N–H and O–H groups in total. The SMILES string of the molecule is Nc1nc(=O)n([C@H]2C[C@@H](O)C(CO)O2)cc1Cl. The van der Waals surface area contributed by atoms with E-state index in [9.17, 15) is 9.90 Å². The van der Waals surface area contributed by atoms with Gasteiger partial charge in [-0.15, -0.1) is 0 Å². The van der Waals surface area contributed by atoms with Gasteiger partial charge >= 0.3 is 5.69 Å². The van der Waals surface area contributed by atoms with Crippen molar-refractivity contribution < 1.29 is 14.9 Å². The molecule has 0 spiro atoms. The summed E-state index contributed by atoms with van der Waals surface area (Å²) in [5.74, 6) is -0.0508. The lowest BCUT2D eigenvalue weighted by molar-refractivity contribution is -0.0458. The smallest absolute Gasteiger partial charge is 0.351 e. The summed E-state index contributed by atoms with van der Waals surface area (Å²) in [5, 5.41) is 18.6. The summed E-state index contributed by atoms with van der Waals surface area (Å²) < 4.78 is 6.46. The number of nitrogens with two attached hydrogens (primary N) is 1. The van der Waals surface area contributed by atoms with Crippen molar-refractivity contribution in [2.75, 3.05) is 12.3 Å². The number of aliphatic hydroxyl groups excluding tert-OH is 2. The van der Waals surface area contributed by atoms with Gasteiger partial charge in [-0.2, -0.15) is 4.98 Å². The molecular weight excluding hydrogens is 250 g/mol. The third kappa shape index (κ3) is 2.27. The Hall–Kier alpha value is -1.15. The molecule has 1 aliphatic heterocycles. The molecule has 0 radical (unpaired) electrons. The van der Waals surface area contributed by atoms with Gasteiger partial charge in [0.2, 0.25) is 0 Å². The molecule has 2 rings (SSSR count). The average molecular weight is 262 g/mol. The molecule has 8 heteroatoms. The predicted octanol–water partition coefficient (Wildman–Crippen LogP) is -0.880. The number of halogens is 1. The van der Waals surface area contributed by atoms with E-state index >= 15 is 0 Å². The molecule has 94 valence electrons. The fraction of sp³-hybridized carbons (Fsp3) is 0.556. The Morgan fingerprint density at radius 2 is 2.41 bits per heavy atom. The minimum Gasteiger partial charge on any atom is -0.394 e. The fourth-order valence-corrected chi connectivity index (χ4v) is 1.86. The van der Waals surface area contributed by atoms with Gasteiger partial charge in [-0.25, -0.2) is 4.79 Å². The zero-order chi connectivity index (χ0) is 12.6. The highest BCUT2D eigenvalue weighted by Crippen LogP contribution is 2.28. The molecule has 1 saturated heterocycles. The van der Waals surface area contributed by atoms with E-state index in [1.807, 2.05) is 0 Å². The largest absolute Gasteiger partial charge is 0.394 e. The first-order valence-corrected chi connectivity index (χ1v) is 5.39. The number of nitrogens with zero attached hydrogens (tertiary/aromatic N) is 2. The average Bonchev–Trinajstić information content (AvgIpc) is 2.65. The third-order valence-electron chi connectivity index (χ3n) is 2.63. The molecular formula is C9H12ClN3O4. The van der Waals surface area contributed by atoms with Crippen LogP contribution in [-0.2, 0) is 4.74 Å². The Morgan fingerprint density at radius 1 is 1.71 bits per heavy atom. The molecule has 7 nitrogen and oxygen atoms in total. The Morgan fingerprint density at radius 3 is 3.00 bits per heavy atom. The van der Waals surface area contributed by atoms with Crippen molar-refractivity contribution in [3.8, 4) is 0 Å². The van der Waals surface area contributed by atoms with Gasteiger partial charge in [0.05, 0.1) is 17.7 Å². The number of ether oxygens (including phenoxy) is 1. The van der Waals surface area contributed by atoms with Crippen LogP contribution in [0.5, 0.6) is 0 Å².